The molecule has 88 valence electrons. The molecule has 1 aromatic heterocycles. The average molecular weight is 231 g/mol. The molecule has 0 aliphatic heterocycles. The molecular formula is C12H13N3O2. The summed E-state index contributed by atoms with van der Waals surface area (Å²) in [6.45, 7) is 1.91. The van der Waals surface area contributed by atoms with Gasteiger partial charge in [-0.1, -0.05) is 6.07 Å². The topological polar surface area (TPSA) is 67.2 Å². The van der Waals surface area contributed by atoms with Crippen LogP contribution >= 0.6 is 0 Å². The Morgan fingerprint density at radius 2 is 2.18 bits per heavy atom. The third-order valence-corrected chi connectivity index (χ3v) is 2.38. The standard InChI is InChI=1S/C12H13N3O2/c1-8-3-4-9(12(16)17)10(7-8)13-11-5-6-15(2)14-11/h3-7H,1-2H3,(H,13,14)(H,16,17). The lowest BCUT2D eigenvalue weighted by Crippen LogP contribution is -2.03. The number of aryl methyl sites for hydroxylation is 2. The predicted octanol–water partition coefficient (Wildman–Crippen LogP) is 2.17. The lowest BCUT2D eigenvalue weighted by Gasteiger charge is -2.08. The number of carboxylic acids is 1. The Morgan fingerprint density at radius 3 is 2.76 bits per heavy atom. The fourth-order valence-corrected chi connectivity index (χ4v) is 1.57. The van der Waals surface area contributed by atoms with Gasteiger partial charge in [0.05, 0.1) is 11.3 Å². The van der Waals surface area contributed by atoms with Crippen molar-refractivity contribution in [2.45, 2.75) is 6.92 Å². The Kier molecular flexibility index (Phi) is 2.82. The predicted molar refractivity (Wildman–Crippen MR) is 64.6 cm³/mol. The monoisotopic (exact) mass is 231 g/mol. The Hall–Kier alpha value is -2.30. The second kappa shape index (κ2) is 4.29. The van der Waals surface area contributed by atoms with Crippen LogP contribution in [0.3, 0.4) is 0 Å². The summed E-state index contributed by atoms with van der Waals surface area (Å²) >= 11 is 0. The van der Waals surface area contributed by atoms with Crippen molar-refractivity contribution in [3.8, 4) is 0 Å². The summed E-state index contributed by atoms with van der Waals surface area (Å²) in [5, 5.41) is 16.2. The number of aromatic nitrogens is 2. The molecule has 5 heteroatoms. The number of anilines is 2. The molecule has 0 spiro atoms. The summed E-state index contributed by atoms with van der Waals surface area (Å²) in [6.07, 6.45) is 1.79. The normalized spacial score (nSPS) is 10.2. The van der Waals surface area contributed by atoms with Gasteiger partial charge in [-0.2, -0.15) is 5.10 Å². The van der Waals surface area contributed by atoms with Gasteiger partial charge in [-0.3, -0.25) is 4.68 Å². The zero-order valence-corrected chi connectivity index (χ0v) is 9.64. The molecule has 0 aliphatic carbocycles. The number of hydrogen-bond donors (Lipinski definition) is 2. The van der Waals surface area contributed by atoms with E-state index in [1.54, 1.807) is 42.2 Å². The largest absolute Gasteiger partial charge is 0.478 e. The lowest BCUT2D eigenvalue weighted by molar-refractivity contribution is 0.0698. The van der Waals surface area contributed by atoms with E-state index in [0.717, 1.165) is 5.56 Å². The van der Waals surface area contributed by atoms with Crippen LogP contribution in [0.2, 0.25) is 0 Å². The van der Waals surface area contributed by atoms with Crippen LogP contribution in [0, 0.1) is 6.92 Å². The molecule has 0 radical (unpaired) electrons. The van der Waals surface area contributed by atoms with Gasteiger partial charge in [0.15, 0.2) is 5.82 Å². The molecule has 1 aromatic carbocycles. The summed E-state index contributed by atoms with van der Waals surface area (Å²) in [7, 11) is 1.81. The molecule has 0 fully saturated rings. The van der Waals surface area contributed by atoms with Crippen molar-refractivity contribution >= 4 is 17.5 Å². The Morgan fingerprint density at radius 1 is 1.41 bits per heavy atom. The third-order valence-electron chi connectivity index (χ3n) is 2.38. The number of benzene rings is 1. The second-order valence-corrected chi connectivity index (χ2v) is 3.85. The van der Waals surface area contributed by atoms with E-state index in [0.29, 0.717) is 11.5 Å². The average Bonchev–Trinajstić information content (AvgIpc) is 2.63. The fraction of sp³-hybridized carbons (Fsp3) is 0.167. The molecule has 1 heterocycles. The molecule has 17 heavy (non-hydrogen) atoms. The lowest BCUT2D eigenvalue weighted by atomic mass is 10.1. The minimum atomic E-state index is -0.955. The van der Waals surface area contributed by atoms with E-state index in [4.69, 9.17) is 5.11 Å². The highest BCUT2D eigenvalue weighted by Gasteiger charge is 2.10. The van der Waals surface area contributed by atoms with Crippen LogP contribution < -0.4 is 5.32 Å². The van der Waals surface area contributed by atoms with E-state index in [1.165, 1.54) is 0 Å². The molecular weight excluding hydrogens is 218 g/mol. The van der Waals surface area contributed by atoms with Gasteiger partial charge < -0.3 is 10.4 Å². The summed E-state index contributed by atoms with van der Waals surface area (Å²) in [5.74, 6) is -0.330. The van der Waals surface area contributed by atoms with Gasteiger partial charge in [-0.15, -0.1) is 0 Å². The van der Waals surface area contributed by atoms with Crippen LogP contribution in [0.15, 0.2) is 30.5 Å². The Labute approximate surface area is 98.7 Å². The van der Waals surface area contributed by atoms with Crippen LogP contribution in [0.5, 0.6) is 0 Å². The van der Waals surface area contributed by atoms with Crippen molar-refractivity contribution in [1.29, 1.82) is 0 Å². The quantitative estimate of drug-likeness (QED) is 0.849. The van der Waals surface area contributed by atoms with E-state index in [9.17, 15) is 4.79 Å². The summed E-state index contributed by atoms with van der Waals surface area (Å²) < 4.78 is 1.65. The van der Waals surface area contributed by atoms with Gasteiger partial charge in [0.25, 0.3) is 0 Å². The van der Waals surface area contributed by atoms with Crippen molar-refractivity contribution in [1.82, 2.24) is 9.78 Å². The van der Waals surface area contributed by atoms with Crippen molar-refractivity contribution in [2.75, 3.05) is 5.32 Å². The van der Waals surface area contributed by atoms with Crippen LogP contribution in [0.1, 0.15) is 15.9 Å². The number of rotatable bonds is 3. The molecule has 0 saturated heterocycles. The number of carboxylic acid groups (broad SMARTS) is 1. The SMILES string of the molecule is Cc1ccc(C(=O)O)c(Nc2ccn(C)n2)c1. The minimum Gasteiger partial charge on any atom is -0.478 e. The van der Waals surface area contributed by atoms with Crippen molar-refractivity contribution in [3.63, 3.8) is 0 Å². The van der Waals surface area contributed by atoms with Gasteiger partial charge >= 0.3 is 5.97 Å². The van der Waals surface area contributed by atoms with Crippen LogP contribution in [-0.2, 0) is 7.05 Å². The zero-order chi connectivity index (χ0) is 12.4. The highest BCUT2D eigenvalue weighted by Crippen LogP contribution is 2.21. The molecule has 5 nitrogen and oxygen atoms in total. The summed E-state index contributed by atoms with van der Waals surface area (Å²) in [6, 6.07) is 6.93. The van der Waals surface area contributed by atoms with Gasteiger partial charge in [0, 0.05) is 19.3 Å². The molecule has 0 amide bonds. The van der Waals surface area contributed by atoms with E-state index in [2.05, 4.69) is 10.4 Å². The Bertz CT molecular complexity index is 561. The van der Waals surface area contributed by atoms with Gasteiger partial charge in [-0.05, 0) is 24.6 Å². The summed E-state index contributed by atoms with van der Waals surface area (Å²) in [4.78, 5) is 11.1. The maximum Gasteiger partial charge on any atom is 0.337 e. The number of nitrogens with zero attached hydrogens (tertiary/aromatic N) is 2. The first-order valence-electron chi connectivity index (χ1n) is 5.17. The van der Waals surface area contributed by atoms with Crippen LogP contribution in [-0.4, -0.2) is 20.9 Å². The maximum absolute atomic E-state index is 11.1. The van der Waals surface area contributed by atoms with Crippen molar-refractivity contribution < 1.29 is 9.90 Å². The second-order valence-electron chi connectivity index (χ2n) is 3.85. The van der Waals surface area contributed by atoms with E-state index < -0.39 is 5.97 Å². The van der Waals surface area contributed by atoms with Gasteiger partial charge in [0.1, 0.15) is 0 Å². The molecule has 0 saturated carbocycles. The number of aromatic carboxylic acids is 1. The highest BCUT2D eigenvalue weighted by molar-refractivity contribution is 5.95. The molecule has 2 aromatic rings. The zero-order valence-electron chi connectivity index (χ0n) is 9.64. The van der Waals surface area contributed by atoms with Crippen molar-refractivity contribution in [2.24, 2.45) is 7.05 Å². The fourth-order valence-electron chi connectivity index (χ4n) is 1.57. The Balaban J connectivity index is 2.37. The number of hydrogen-bond acceptors (Lipinski definition) is 3. The number of carbonyl (C=O) groups is 1. The molecule has 0 aliphatic rings. The molecule has 2 N–H and O–H groups in total. The first kappa shape index (κ1) is 11.2. The van der Waals surface area contributed by atoms with Crippen molar-refractivity contribution in [3.05, 3.63) is 41.6 Å². The van der Waals surface area contributed by atoms with Gasteiger partial charge in [0.2, 0.25) is 0 Å². The maximum atomic E-state index is 11.1. The summed E-state index contributed by atoms with van der Waals surface area (Å²) in [5.41, 5.74) is 1.78. The smallest absolute Gasteiger partial charge is 0.337 e. The molecule has 0 atom stereocenters. The van der Waals surface area contributed by atoms with E-state index >= 15 is 0 Å². The molecule has 0 unspecified atom stereocenters. The molecule has 0 bridgehead atoms. The van der Waals surface area contributed by atoms with E-state index in [-0.39, 0.29) is 5.56 Å². The first-order valence-corrected chi connectivity index (χ1v) is 5.17. The molecule has 2 rings (SSSR count). The van der Waals surface area contributed by atoms with Crippen LogP contribution in [0.25, 0.3) is 0 Å². The third kappa shape index (κ3) is 2.44. The number of nitrogens with one attached hydrogen (secondary N) is 1. The first-order chi connectivity index (χ1) is 8.06. The van der Waals surface area contributed by atoms with E-state index in [1.807, 2.05) is 6.92 Å². The van der Waals surface area contributed by atoms with Crippen LogP contribution in [0.4, 0.5) is 11.5 Å². The van der Waals surface area contributed by atoms with Gasteiger partial charge in [-0.25, -0.2) is 4.79 Å². The highest BCUT2D eigenvalue weighted by atomic mass is 16.4. The minimum absolute atomic E-state index is 0.237.